The molecule has 2 aromatic carbocycles. The second kappa shape index (κ2) is 3.92. The van der Waals surface area contributed by atoms with Gasteiger partial charge in [-0.2, -0.15) is 0 Å². The van der Waals surface area contributed by atoms with E-state index in [2.05, 4.69) is 55.6 Å². The number of nitrogens with one attached hydrogen (secondary N) is 1. The zero-order chi connectivity index (χ0) is 11.8. The highest BCUT2D eigenvalue weighted by Gasteiger charge is 2.15. The molecule has 86 valence electrons. The van der Waals surface area contributed by atoms with Crippen molar-refractivity contribution in [2.24, 2.45) is 0 Å². The molecule has 0 amide bonds. The van der Waals surface area contributed by atoms with Crippen LogP contribution in [0.1, 0.15) is 16.7 Å². The summed E-state index contributed by atoms with van der Waals surface area (Å²) in [6.07, 6.45) is 1.14. The first kappa shape index (κ1) is 10.4. The van der Waals surface area contributed by atoms with Gasteiger partial charge in [0, 0.05) is 12.2 Å². The molecule has 1 heterocycles. The largest absolute Gasteiger partial charge is 0.384 e. The molecular weight excluding hydrogens is 206 g/mol. The van der Waals surface area contributed by atoms with Gasteiger partial charge in [0.25, 0.3) is 0 Å². The Morgan fingerprint density at radius 3 is 2.76 bits per heavy atom. The Hall–Kier alpha value is -1.76. The van der Waals surface area contributed by atoms with E-state index in [-0.39, 0.29) is 0 Å². The van der Waals surface area contributed by atoms with E-state index >= 15 is 0 Å². The molecular formula is C16H17N. The van der Waals surface area contributed by atoms with Crippen molar-refractivity contribution < 1.29 is 0 Å². The van der Waals surface area contributed by atoms with Crippen molar-refractivity contribution >= 4 is 5.69 Å². The first-order valence-electron chi connectivity index (χ1n) is 6.19. The van der Waals surface area contributed by atoms with Crippen LogP contribution in [0.15, 0.2) is 36.4 Å². The van der Waals surface area contributed by atoms with Gasteiger partial charge in [0.15, 0.2) is 0 Å². The van der Waals surface area contributed by atoms with Crippen molar-refractivity contribution in [1.29, 1.82) is 0 Å². The summed E-state index contributed by atoms with van der Waals surface area (Å²) in [6, 6.07) is 13.3. The van der Waals surface area contributed by atoms with Crippen LogP contribution in [0.2, 0.25) is 0 Å². The third-order valence-electron chi connectivity index (χ3n) is 3.55. The minimum Gasteiger partial charge on any atom is -0.384 e. The number of anilines is 1. The third-order valence-corrected chi connectivity index (χ3v) is 3.55. The molecule has 1 N–H and O–H groups in total. The molecule has 0 fully saturated rings. The minimum atomic E-state index is 1.07. The van der Waals surface area contributed by atoms with E-state index in [1.807, 2.05) is 0 Å². The fraction of sp³-hybridized carbons (Fsp3) is 0.250. The van der Waals surface area contributed by atoms with Crippen LogP contribution in [-0.4, -0.2) is 6.54 Å². The number of hydrogen-bond donors (Lipinski definition) is 1. The first-order chi connectivity index (χ1) is 8.25. The van der Waals surface area contributed by atoms with Crippen molar-refractivity contribution in [3.63, 3.8) is 0 Å². The van der Waals surface area contributed by atoms with Crippen LogP contribution in [0.25, 0.3) is 11.1 Å². The van der Waals surface area contributed by atoms with E-state index in [9.17, 15) is 0 Å². The molecule has 0 saturated heterocycles. The molecule has 1 aliphatic heterocycles. The van der Waals surface area contributed by atoms with E-state index in [0.717, 1.165) is 13.0 Å². The molecule has 0 radical (unpaired) electrons. The van der Waals surface area contributed by atoms with Gasteiger partial charge >= 0.3 is 0 Å². The van der Waals surface area contributed by atoms with Crippen LogP contribution in [0.3, 0.4) is 0 Å². The summed E-state index contributed by atoms with van der Waals surface area (Å²) >= 11 is 0. The standard InChI is InChI=1S/C16H17N/c1-11-6-7-12(2)15(10-11)13-4-3-5-16-14(13)8-9-17-16/h3-7,10,17H,8-9H2,1-2H3. The Morgan fingerprint density at radius 2 is 1.88 bits per heavy atom. The van der Waals surface area contributed by atoms with Gasteiger partial charge in [0.05, 0.1) is 0 Å². The molecule has 17 heavy (non-hydrogen) atoms. The average Bonchev–Trinajstić information content (AvgIpc) is 2.80. The Bertz CT molecular complexity index is 570. The quantitative estimate of drug-likeness (QED) is 0.772. The van der Waals surface area contributed by atoms with Crippen molar-refractivity contribution in [3.05, 3.63) is 53.1 Å². The number of aryl methyl sites for hydroxylation is 2. The normalized spacial score (nSPS) is 13.3. The zero-order valence-electron chi connectivity index (χ0n) is 10.4. The van der Waals surface area contributed by atoms with Crippen LogP contribution in [0.4, 0.5) is 5.69 Å². The second-order valence-electron chi connectivity index (χ2n) is 4.83. The summed E-state index contributed by atoms with van der Waals surface area (Å²) < 4.78 is 0. The van der Waals surface area contributed by atoms with Crippen molar-refractivity contribution in [1.82, 2.24) is 0 Å². The number of hydrogen-bond acceptors (Lipinski definition) is 1. The lowest BCUT2D eigenvalue weighted by Gasteiger charge is -2.11. The van der Waals surface area contributed by atoms with Crippen LogP contribution >= 0.6 is 0 Å². The first-order valence-corrected chi connectivity index (χ1v) is 6.19. The highest BCUT2D eigenvalue weighted by Crippen LogP contribution is 2.34. The van der Waals surface area contributed by atoms with Gasteiger partial charge in [0.2, 0.25) is 0 Å². The predicted molar refractivity (Wildman–Crippen MR) is 73.5 cm³/mol. The maximum atomic E-state index is 3.44. The lowest BCUT2D eigenvalue weighted by atomic mass is 9.93. The highest BCUT2D eigenvalue weighted by molar-refractivity contribution is 5.78. The Balaban J connectivity index is 2.22. The molecule has 0 spiro atoms. The van der Waals surface area contributed by atoms with Gasteiger partial charge in [-0.05, 0) is 48.6 Å². The Labute approximate surface area is 102 Å². The fourth-order valence-electron chi connectivity index (χ4n) is 2.62. The van der Waals surface area contributed by atoms with Crippen LogP contribution in [0, 0.1) is 13.8 Å². The lowest BCUT2D eigenvalue weighted by Crippen LogP contribution is -1.90. The van der Waals surface area contributed by atoms with E-state index < -0.39 is 0 Å². The molecule has 1 aliphatic rings. The summed E-state index contributed by atoms with van der Waals surface area (Å²) in [4.78, 5) is 0. The van der Waals surface area contributed by atoms with Crippen molar-refractivity contribution in [2.75, 3.05) is 11.9 Å². The van der Waals surface area contributed by atoms with Gasteiger partial charge in [-0.15, -0.1) is 0 Å². The summed E-state index contributed by atoms with van der Waals surface area (Å²) in [5.41, 5.74) is 8.24. The maximum Gasteiger partial charge on any atom is 0.0379 e. The Kier molecular flexibility index (Phi) is 2.40. The third kappa shape index (κ3) is 1.72. The molecule has 3 rings (SSSR count). The summed E-state index contributed by atoms with van der Waals surface area (Å²) in [5, 5.41) is 3.44. The smallest absolute Gasteiger partial charge is 0.0379 e. The molecule has 0 aromatic heterocycles. The van der Waals surface area contributed by atoms with Gasteiger partial charge in [-0.3, -0.25) is 0 Å². The van der Waals surface area contributed by atoms with E-state index in [0.29, 0.717) is 0 Å². The monoisotopic (exact) mass is 223 g/mol. The summed E-state index contributed by atoms with van der Waals surface area (Å²) in [7, 11) is 0. The van der Waals surface area contributed by atoms with E-state index in [4.69, 9.17) is 0 Å². The van der Waals surface area contributed by atoms with E-state index in [1.165, 1.54) is 33.5 Å². The topological polar surface area (TPSA) is 12.0 Å². The number of benzene rings is 2. The maximum absolute atomic E-state index is 3.44. The molecule has 1 nitrogen and oxygen atoms in total. The molecule has 1 heteroatoms. The van der Waals surface area contributed by atoms with Crippen molar-refractivity contribution in [2.45, 2.75) is 20.3 Å². The molecule has 0 aliphatic carbocycles. The predicted octanol–water partition coefficient (Wildman–Crippen LogP) is 3.94. The van der Waals surface area contributed by atoms with Crippen LogP contribution in [0.5, 0.6) is 0 Å². The number of fused-ring (bicyclic) bond motifs is 1. The molecule has 2 aromatic rings. The van der Waals surface area contributed by atoms with Gasteiger partial charge in [-0.25, -0.2) is 0 Å². The molecule has 0 saturated carbocycles. The summed E-state index contributed by atoms with van der Waals surface area (Å²) in [6.45, 7) is 5.41. The average molecular weight is 223 g/mol. The van der Waals surface area contributed by atoms with Crippen molar-refractivity contribution in [3.8, 4) is 11.1 Å². The molecule has 0 unspecified atom stereocenters. The molecule has 0 bridgehead atoms. The summed E-state index contributed by atoms with van der Waals surface area (Å²) in [5.74, 6) is 0. The number of rotatable bonds is 1. The molecule has 0 atom stereocenters. The fourth-order valence-corrected chi connectivity index (χ4v) is 2.62. The van der Waals surface area contributed by atoms with E-state index in [1.54, 1.807) is 0 Å². The lowest BCUT2D eigenvalue weighted by molar-refractivity contribution is 1.11. The SMILES string of the molecule is Cc1ccc(C)c(-c2cccc3c2CCN3)c1. The van der Waals surface area contributed by atoms with Crippen LogP contribution < -0.4 is 5.32 Å². The van der Waals surface area contributed by atoms with Gasteiger partial charge in [0.1, 0.15) is 0 Å². The zero-order valence-corrected chi connectivity index (χ0v) is 10.4. The Morgan fingerprint density at radius 1 is 1.00 bits per heavy atom. The van der Waals surface area contributed by atoms with Crippen LogP contribution in [-0.2, 0) is 6.42 Å². The minimum absolute atomic E-state index is 1.07. The highest BCUT2D eigenvalue weighted by atomic mass is 14.9. The van der Waals surface area contributed by atoms with Gasteiger partial charge in [-0.1, -0.05) is 35.9 Å². The second-order valence-corrected chi connectivity index (χ2v) is 4.83. The van der Waals surface area contributed by atoms with Gasteiger partial charge < -0.3 is 5.32 Å².